The standard InChI is InChI=1S/C13H23F3N2O/c1-8(2)6-11(17)12(19)18-10-5-3-4-9(7-10)13(14,15)16/h8-11H,3-7,17H2,1-2H3,(H,18,19). The summed E-state index contributed by atoms with van der Waals surface area (Å²) in [4.78, 5) is 11.8. The second-order valence-corrected chi connectivity index (χ2v) is 5.85. The zero-order chi connectivity index (χ0) is 14.6. The Morgan fingerprint density at radius 2 is 2.00 bits per heavy atom. The number of nitrogens with one attached hydrogen (secondary N) is 1. The maximum absolute atomic E-state index is 12.6. The molecule has 0 radical (unpaired) electrons. The van der Waals surface area contributed by atoms with Crippen LogP contribution in [0.25, 0.3) is 0 Å². The van der Waals surface area contributed by atoms with Crippen LogP contribution in [0.5, 0.6) is 0 Å². The van der Waals surface area contributed by atoms with Crippen LogP contribution in [-0.4, -0.2) is 24.2 Å². The highest BCUT2D eigenvalue weighted by Gasteiger charge is 2.42. The lowest BCUT2D eigenvalue weighted by atomic mass is 9.85. The summed E-state index contributed by atoms with van der Waals surface area (Å²) in [5.41, 5.74) is 5.72. The largest absolute Gasteiger partial charge is 0.391 e. The molecule has 0 saturated heterocycles. The van der Waals surface area contributed by atoms with Crippen molar-refractivity contribution >= 4 is 5.91 Å². The molecular formula is C13H23F3N2O. The molecule has 1 rings (SSSR count). The lowest BCUT2D eigenvalue weighted by molar-refractivity contribution is -0.184. The van der Waals surface area contributed by atoms with Gasteiger partial charge in [-0.15, -0.1) is 0 Å². The lowest BCUT2D eigenvalue weighted by Gasteiger charge is -2.31. The molecule has 6 heteroatoms. The third kappa shape index (κ3) is 5.38. The van der Waals surface area contributed by atoms with Crippen molar-refractivity contribution in [3.63, 3.8) is 0 Å². The van der Waals surface area contributed by atoms with E-state index < -0.39 is 24.2 Å². The Balaban J connectivity index is 2.46. The van der Waals surface area contributed by atoms with E-state index in [0.717, 1.165) is 0 Å². The van der Waals surface area contributed by atoms with E-state index in [1.165, 1.54) is 0 Å². The van der Waals surface area contributed by atoms with Gasteiger partial charge in [-0.1, -0.05) is 20.3 Å². The van der Waals surface area contributed by atoms with Crippen molar-refractivity contribution < 1.29 is 18.0 Å². The van der Waals surface area contributed by atoms with E-state index in [0.29, 0.717) is 19.3 Å². The first-order valence-electron chi connectivity index (χ1n) is 6.82. The predicted molar refractivity (Wildman–Crippen MR) is 67.4 cm³/mol. The van der Waals surface area contributed by atoms with Crippen LogP contribution in [0.2, 0.25) is 0 Å². The molecule has 3 unspecified atom stereocenters. The van der Waals surface area contributed by atoms with E-state index in [9.17, 15) is 18.0 Å². The number of alkyl halides is 3. The minimum absolute atomic E-state index is 0.0242. The van der Waals surface area contributed by atoms with Crippen LogP contribution in [0.4, 0.5) is 13.2 Å². The summed E-state index contributed by atoms with van der Waals surface area (Å²) in [6, 6.07) is -1.03. The molecule has 3 nitrogen and oxygen atoms in total. The van der Waals surface area contributed by atoms with Gasteiger partial charge in [0.1, 0.15) is 0 Å². The van der Waals surface area contributed by atoms with Crippen LogP contribution in [0.3, 0.4) is 0 Å². The van der Waals surface area contributed by atoms with Crippen LogP contribution in [0.1, 0.15) is 46.0 Å². The van der Waals surface area contributed by atoms with Gasteiger partial charge in [0.05, 0.1) is 12.0 Å². The Hall–Kier alpha value is -0.780. The molecule has 0 aromatic carbocycles. The summed E-state index contributed by atoms with van der Waals surface area (Å²) >= 11 is 0. The smallest absolute Gasteiger partial charge is 0.352 e. The summed E-state index contributed by atoms with van der Waals surface area (Å²) in [6.45, 7) is 3.90. The lowest BCUT2D eigenvalue weighted by Crippen LogP contribution is -2.48. The van der Waals surface area contributed by atoms with Crippen molar-refractivity contribution in [3.8, 4) is 0 Å². The van der Waals surface area contributed by atoms with Gasteiger partial charge >= 0.3 is 6.18 Å². The van der Waals surface area contributed by atoms with Crippen molar-refractivity contribution in [2.75, 3.05) is 0 Å². The van der Waals surface area contributed by atoms with Gasteiger partial charge in [-0.05, 0) is 31.6 Å². The van der Waals surface area contributed by atoms with Crippen molar-refractivity contribution in [3.05, 3.63) is 0 Å². The molecule has 0 aromatic heterocycles. The van der Waals surface area contributed by atoms with Crippen molar-refractivity contribution in [2.24, 2.45) is 17.6 Å². The monoisotopic (exact) mass is 280 g/mol. The second-order valence-electron chi connectivity index (χ2n) is 5.85. The van der Waals surface area contributed by atoms with E-state index in [1.54, 1.807) is 0 Å². The Bertz CT molecular complexity index is 305. The summed E-state index contributed by atoms with van der Waals surface area (Å²) in [5, 5.41) is 2.66. The average Bonchev–Trinajstić information content (AvgIpc) is 2.27. The second kappa shape index (κ2) is 6.59. The summed E-state index contributed by atoms with van der Waals surface area (Å²) in [7, 11) is 0. The number of rotatable bonds is 4. The van der Waals surface area contributed by atoms with Gasteiger partial charge in [-0.3, -0.25) is 4.79 Å². The predicted octanol–water partition coefficient (Wildman–Crippen LogP) is 2.60. The Morgan fingerprint density at radius 3 is 2.53 bits per heavy atom. The van der Waals surface area contributed by atoms with E-state index in [4.69, 9.17) is 5.73 Å². The summed E-state index contributed by atoms with van der Waals surface area (Å²) < 4.78 is 37.9. The Labute approximate surface area is 112 Å². The fourth-order valence-electron chi connectivity index (χ4n) is 2.54. The number of hydrogen-bond acceptors (Lipinski definition) is 2. The van der Waals surface area contributed by atoms with E-state index in [2.05, 4.69) is 5.32 Å². The zero-order valence-electron chi connectivity index (χ0n) is 11.5. The minimum atomic E-state index is -4.16. The van der Waals surface area contributed by atoms with Gasteiger partial charge in [0, 0.05) is 6.04 Å². The third-order valence-electron chi connectivity index (χ3n) is 3.55. The molecule has 1 aliphatic rings. The van der Waals surface area contributed by atoms with Gasteiger partial charge in [0.2, 0.25) is 5.91 Å². The molecule has 3 N–H and O–H groups in total. The molecule has 0 aliphatic heterocycles. The van der Waals surface area contributed by atoms with E-state index >= 15 is 0 Å². The molecular weight excluding hydrogens is 257 g/mol. The molecule has 0 heterocycles. The molecule has 19 heavy (non-hydrogen) atoms. The molecule has 0 spiro atoms. The normalized spacial score (nSPS) is 26.3. The fourth-order valence-corrected chi connectivity index (χ4v) is 2.54. The molecule has 1 fully saturated rings. The first-order valence-corrected chi connectivity index (χ1v) is 6.82. The number of nitrogens with two attached hydrogens (primary N) is 1. The molecule has 0 bridgehead atoms. The summed E-state index contributed by atoms with van der Waals surface area (Å²) in [5.74, 6) is -1.34. The maximum atomic E-state index is 12.6. The fraction of sp³-hybridized carbons (Fsp3) is 0.923. The highest BCUT2D eigenvalue weighted by atomic mass is 19.4. The highest BCUT2D eigenvalue weighted by Crippen LogP contribution is 2.37. The zero-order valence-corrected chi connectivity index (χ0v) is 11.5. The van der Waals surface area contributed by atoms with Gasteiger partial charge in [-0.2, -0.15) is 13.2 Å². The van der Waals surface area contributed by atoms with Gasteiger partial charge in [0.15, 0.2) is 0 Å². The van der Waals surface area contributed by atoms with Crippen molar-refractivity contribution in [2.45, 2.75) is 64.2 Å². The van der Waals surface area contributed by atoms with Crippen molar-refractivity contribution in [1.82, 2.24) is 5.32 Å². The van der Waals surface area contributed by atoms with Gasteiger partial charge < -0.3 is 11.1 Å². The summed E-state index contributed by atoms with van der Waals surface area (Å²) in [6.07, 6.45) is -2.39. The van der Waals surface area contributed by atoms with Crippen LogP contribution >= 0.6 is 0 Å². The van der Waals surface area contributed by atoms with Crippen LogP contribution < -0.4 is 11.1 Å². The number of amides is 1. The van der Waals surface area contributed by atoms with Crippen LogP contribution in [0.15, 0.2) is 0 Å². The first kappa shape index (κ1) is 16.3. The topological polar surface area (TPSA) is 55.1 Å². The Kier molecular flexibility index (Phi) is 5.64. The SMILES string of the molecule is CC(C)CC(N)C(=O)NC1CCCC(C(F)(F)F)C1. The van der Waals surface area contributed by atoms with Gasteiger partial charge in [0.25, 0.3) is 0 Å². The number of halogens is 3. The molecule has 1 amide bonds. The molecule has 112 valence electrons. The molecule has 0 aromatic rings. The highest BCUT2D eigenvalue weighted by molar-refractivity contribution is 5.81. The number of carbonyl (C=O) groups is 1. The van der Waals surface area contributed by atoms with E-state index in [1.807, 2.05) is 13.8 Å². The number of hydrogen-bond donors (Lipinski definition) is 2. The Morgan fingerprint density at radius 1 is 1.37 bits per heavy atom. The van der Waals surface area contributed by atoms with Crippen LogP contribution in [-0.2, 0) is 4.79 Å². The third-order valence-corrected chi connectivity index (χ3v) is 3.55. The molecule has 1 aliphatic carbocycles. The minimum Gasteiger partial charge on any atom is -0.352 e. The van der Waals surface area contributed by atoms with Crippen molar-refractivity contribution in [1.29, 1.82) is 0 Å². The maximum Gasteiger partial charge on any atom is 0.391 e. The van der Waals surface area contributed by atoms with Crippen LogP contribution in [0, 0.1) is 11.8 Å². The molecule has 3 atom stereocenters. The quantitative estimate of drug-likeness (QED) is 0.831. The first-order chi connectivity index (χ1) is 8.70. The van der Waals surface area contributed by atoms with E-state index in [-0.39, 0.29) is 24.7 Å². The van der Waals surface area contributed by atoms with Gasteiger partial charge in [-0.25, -0.2) is 0 Å². The average molecular weight is 280 g/mol. The number of carbonyl (C=O) groups excluding carboxylic acids is 1. The molecule has 1 saturated carbocycles.